The molecule has 1 aromatic rings. The number of nitrogens with one attached hydrogen (secondary N) is 1. The summed E-state index contributed by atoms with van der Waals surface area (Å²) in [4.78, 5) is 25.2. The number of urea groups is 1. The molecule has 0 radical (unpaired) electrons. The number of benzene rings is 1. The van der Waals surface area contributed by atoms with Crippen molar-refractivity contribution in [2.75, 3.05) is 24.6 Å². The molecular formula is C15H20N2O4. The SMILES string of the molecule is CCOC(=O)CNC(=O)N1CC(C)Oc2ccc(C)cc21. The van der Waals surface area contributed by atoms with Gasteiger partial charge in [0.05, 0.1) is 18.8 Å². The van der Waals surface area contributed by atoms with Gasteiger partial charge in [-0.1, -0.05) is 6.07 Å². The highest BCUT2D eigenvalue weighted by Crippen LogP contribution is 2.34. The Kier molecular flexibility index (Phi) is 4.67. The number of fused-ring (bicyclic) bond motifs is 1. The molecular weight excluding hydrogens is 272 g/mol. The molecule has 0 aliphatic carbocycles. The van der Waals surface area contributed by atoms with Gasteiger partial charge in [0.15, 0.2) is 0 Å². The zero-order valence-electron chi connectivity index (χ0n) is 12.5. The highest BCUT2D eigenvalue weighted by Gasteiger charge is 2.27. The van der Waals surface area contributed by atoms with E-state index < -0.39 is 5.97 Å². The van der Waals surface area contributed by atoms with Crippen LogP contribution in [-0.2, 0) is 9.53 Å². The summed E-state index contributed by atoms with van der Waals surface area (Å²) in [5.74, 6) is 0.224. The van der Waals surface area contributed by atoms with Gasteiger partial charge in [-0.15, -0.1) is 0 Å². The summed E-state index contributed by atoms with van der Waals surface area (Å²) in [6, 6.07) is 5.35. The third-order valence-corrected chi connectivity index (χ3v) is 3.11. The summed E-state index contributed by atoms with van der Waals surface area (Å²) in [7, 11) is 0. The predicted octanol–water partition coefficient (Wildman–Crippen LogP) is 1.86. The molecule has 1 N–H and O–H groups in total. The minimum Gasteiger partial charge on any atom is -0.487 e. The Balaban J connectivity index is 2.11. The van der Waals surface area contributed by atoms with E-state index in [-0.39, 0.29) is 18.7 Å². The van der Waals surface area contributed by atoms with E-state index >= 15 is 0 Å². The Bertz CT molecular complexity index is 544. The second kappa shape index (κ2) is 6.47. The molecule has 1 unspecified atom stereocenters. The van der Waals surface area contributed by atoms with Crippen LogP contribution in [0.3, 0.4) is 0 Å². The Morgan fingerprint density at radius 3 is 2.95 bits per heavy atom. The first-order valence-electron chi connectivity index (χ1n) is 6.99. The molecule has 2 rings (SSSR count). The molecule has 6 nitrogen and oxygen atoms in total. The monoisotopic (exact) mass is 292 g/mol. The van der Waals surface area contributed by atoms with Gasteiger partial charge in [-0.2, -0.15) is 0 Å². The standard InChI is InChI=1S/C15H20N2O4/c1-4-20-14(18)8-16-15(19)17-9-11(3)21-13-6-5-10(2)7-12(13)17/h5-7,11H,4,8-9H2,1-3H3,(H,16,19). The molecule has 1 aliphatic rings. The lowest BCUT2D eigenvalue weighted by atomic mass is 10.1. The van der Waals surface area contributed by atoms with Gasteiger partial charge in [0.25, 0.3) is 0 Å². The van der Waals surface area contributed by atoms with Crippen LogP contribution < -0.4 is 15.0 Å². The summed E-state index contributed by atoms with van der Waals surface area (Å²) in [5.41, 5.74) is 1.75. The Hall–Kier alpha value is -2.24. The number of hydrogen-bond acceptors (Lipinski definition) is 4. The number of esters is 1. The van der Waals surface area contributed by atoms with Crippen molar-refractivity contribution >= 4 is 17.7 Å². The molecule has 21 heavy (non-hydrogen) atoms. The van der Waals surface area contributed by atoms with Crippen molar-refractivity contribution < 1.29 is 19.1 Å². The van der Waals surface area contributed by atoms with Crippen LogP contribution in [0.4, 0.5) is 10.5 Å². The Morgan fingerprint density at radius 2 is 2.24 bits per heavy atom. The number of anilines is 1. The number of carbonyl (C=O) groups excluding carboxylic acids is 2. The minimum atomic E-state index is -0.448. The first kappa shape index (κ1) is 15.2. The number of hydrogen-bond donors (Lipinski definition) is 1. The van der Waals surface area contributed by atoms with Gasteiger partial charge in [0.2, 0.25) is 0 Å². The lowest BCUT2D eigenvalue weighted by molar-refractivity contribution is -0.141. The smallest absolute Gasteiger partial charge is 0.325 e. The van der Waals surface area contributed by atoms with E-state index in [0.717, 1.165) is 11.3 Å². The fourth-order valence-electron chi connectivity index (χ4n) is 2.20. The molecule has 1 heterocycles. The quantitative estimate of drug-likeness (QED) is 0.863. The third-order valence-electron chi connectivity index (χ3n) is 3.11. The summed E-state index contributed by atoms with van der Waals surface area (Å²) >= 11 is 0. The van der Waals surface area contributed by atoms with Crippen molar-refractivity contribution in [2.24, 2.45) is 0 Å². The topological polar surface area (TPSA) is 67.9 Å². The molecule has 0 saturated carbocycles. The van der Waals surface area contributed by atoms with Gasteiger partial charge in [-0.3, -0.25) is 9.69 Å². The largest absolute Gasteiger partial charge is 0.487 e. The number of carbonyl (C=O) groups is 2. The molecule has 6 heteroatoms. The average molecular weight is 292 g/mol. The highest BCUT2D eigenvalue weighted by molar-refractivity contribution is 5.95. The molecule has 114 valence electrons. The number of amides is 2. The van der Waals surface area contributed by atoms with E-state index in [1.165, 1.54) is 0 Å². The van der Waals surface area contributed by atoms with Crippen LogP contribution in [0.1, 0.15) is 19.4 Å². The zero-order valence-corrected chi connectivity index (χ0v) is 12.5. The second-order valence-electron chi connectivity index (χ2n) is 4.97. The van der Waals surface area contributed by atoms with Crippen molar-refractivity contribution in [3.63, 3.8) is 0 Å². The first-order valence-corrected chi connectivity index (χ1v) is 6.99. The van der Waals surface area contributed by atoms with Crippen molar-refractivity contribution in [3.8, 4) is 5.75 Å². The van der Waals surface area contributed by atoms with Gasteiger partial charge in [0.1, 0.15) is 18.4 Å². The number of nitrogens with zero attached hydrogens (tertiary/aromatic N) is 1. The van der Waals surface area contributed by atoms with Gasteiger partial charge in [-0.25, -0.2) is 4.79 Å². The maximum Gasteiger partial charge on any atom is 0.325 e. The van der Waals surface area contributed by atoms with Crippen LogP contribution >= 0.6 is 0 Å². The maximum absolute atomic E-state index is 12.3. The molecule has 0 bridgehead atoms. The van der Waals surface area contributed by atoms with Crippen LogP contribution in [0, 0.1) is 6.92 Å². The Morgan fingerprint density at radius 1 is 1.48 bits per heavy atom. The average Bonchev–Trinajstić information content (AvgIpc) is 2.44. The van der Waals surface area contributed by atoms with Crippen molar-refractivity contribution in [3.05, 3.63) is 23.8 Å². The van der Waals surface area contributed by atoms with Gasteiger partial charge in [0, 0.05) is 0 Å². The zero-order chi connectivity index (χ0) is 15.4. The van der Waals surface area contributed by atoms with Gasteiger partial charge >= 0.3 is 12.0 Å². The normalized spacial score (nSPS) is 16.7. The molecule has 1 atom stereocenters. The van der Waals surface area contributed by atoms with Crippen LogP contribution in [0.25, 0.3) is 0 Å². The lowest BCUT2D eigenvalue weighted by Gasteiger charge is -2.33. The van der Waals surface area contributed by atoms with Crippen LogP contribution in [0.15, 0.2) is 18.2 Å². The second-order valence-corrected chi connectivity index (χ2v) is 4.97. The summed E-state index contributed by atoms with van der Waals surface area (Å²) in [6.45, 7) is 6.17. The van der Waals surface area contributed by atoms with Gasteiger partial charge < -0.3 is 14.8 Å². The van der Waals surface area contributed by atoms with Crippen LogP contribution in [0.2, 0.25) is 0 Å². The fraction of sp³-hybridized carbons (Fsp3) is 0.467. The number of aryl methyl sites for hydroxylation is 1. The van der Waals surface area contributed by atoms with E-state index in [1.807, 2.05) is 32.0 Å². The van der Waals surface area contributed by atoms with Crippen molar-refractivity contribution in [1.82, 2.24) is 5.32 Å². The van der Waals surface area contributed by atoms with E-state index in [2.05, 4.69) is 5.32 Å². The highest BCUT2D eigenvalue weighted by atomic mass is 16.5. The Labute approximate surface area is 124 Å². The fourth-order valence-corrected chi connectivity index (χ4v) is 2.20. The molecule has 1 aliphatic heterocycles. The maximum atomic E-state index is 12.3. The first-order chi connectivity index (χ1) is 10.0. The molecule has 0 spiro atoms. The summed E-state index contributed by atoms with van der Waals surface area (Å²) in [5, 5.41) is 2.57. The predicted molar refractivity (Wildman–Crippen MR) is 78.6 cm³/mol. The van der Waals surface area contributed by atoms with E-state index in [1.54, 1.807) is 11.8 Å². The molecule has 0 fully saturated rings. The summed E-state index contributed by atoms with van der Waals surface area (Å²) in [6.07, 6.45) is -0.103. The van der Waals surface area contributed by atoms with E-state index in [0.29, 0.717) is 18.9 Å². The molecule has 1 aromatic carbocycles. The van der Waals surface area contributed by atoms with Gasteiger partial charge in [-0.05, 0) is 38.5 Å². The minimum absolute atomic E-state index is 0.103. The molecule has 0 saturated heterocycles. The third kappa shape index (κ3) is 3.65. The van der Waals surface area contributed by atoms with Crippen molar-refractivity contribution in [1.29, 1.82) is 0 Å². The summed E-state index contributed by atoms with van der Waals surface area (Å²) < 4.78 is 10.5. The van der Waals surface area contributed by atoms with Crippen LogP contribution in [-0.4, -0.2) is 37.8 Å². The number of ether oxygens (including phenoxy) is 2. The number of rotatable bonds is 3. The van der Waals surface area contributed by atoms with Crippen LogP contribution in [0.5, 0.6) is 5.75 Å². The lowest BCUT2D eigenvalue weighted by Crippen LogP contribution is -2.48. The molecule has 0 aromatic heterocycles. The van der Waals surface area contributed by atoms with E-state index in [9.17, 15) is 9.59 Å². The van der Waals surface area contributed by atoms with E-state index in [4.69, 9.17) is 9.47 Å². The van der Waals surface area contributed by atoms with Crippen molar-refractivity contribution in [2.45, 2.75) is 26.9 Å². The molecule has 2 amide bonds.